The number of nitrogens with one attached hydrogen (secondary N) is 1. The van der Waals surface area contributed by atoms with Crippen molar-refractivity contribution in [3.05, 3.63) is 36.0 Å². The van der Waals surface area contributed by atoms with Crippen LogP contribution in [0.2, 0.25) is 0 Å². The molecule has 5 rings (SSSR count). The molecule has 3 fully saturated rings. The largest absolute Gasteiger partial charge is 0.372 e. The van der Waals surface area contributed by atoms with Crippen LogP contribution in [0.3, 0.4) is 0 Å². The lowest BCUT2D eigenvalue weighted by Crippen LogP contribution is -2.42. The fourth-order valence-electron chi connectivity index (χ4n) is 3.65. The predicted molar refractivity (Wildman–Crippen MR) is 123 cm³/mol. The summed E-state index contributed by atoms with van der Waals surface area (Å²) in [7, 11) is 0. The number of carbonyl (C=O) groups is 2. The number of amides is 2. The van der Waals surface area contributed by atoms with Gasteiger partial charge in [-0.25, -0.2) is 0 Å². The van der Waals surface area contributed by atoms with E-state index in [1.807, 2.05) is 18.2 Å². The highest BCUT2D eigenvalue weighted by Crippen LogP contribution is 2.26. The highest BCUT2D eigenvalue weighted by atomic mass is 32.2. The lowest BCUT2D eigenvalue weighted by Gasteiger charge is -2.19. The summed E-state index contributed by atoms with van der Waals surface area (Å²) in [6, 6.07) is 9.37. The lowest BCUT2D eigenvalue weighted by atomic mass is 10.1. The van der Waals surface area contributed by atoms with E-state index in [9.17, 15) is 9.59 Å². The summed E-state index contributed by atoms with van der Waals surface area (Å²) in [4.78, 5) is 33.3. The molecule has 3 aliphatic rings. The van der Waals surface area contributed by atoms with Gasteiger partial charge in [-0.05, 0) is 37.1 Å². The molecule has 31 heavy (non-hydrogen) atoms. The molecule has 1 atom stereocenters. The second kappa shape index (κ2) is 10.0. The zero-order valence-electron chi connectivity index (χ0n) is 17.5. The molecule has 2 saturated heterocycles. The van der Waals surface area contributed by atoms with Crippen LogP contribution in [0, 0.1) is 11.3 Å². The number of rotatable bonds is 4. The number of carbonyl (C=O) groups excluding carboxylic acids is 2. The van der Waals surface area contributed by atoms with Crippen molar-refractivity contribution in [1.82, 2.24) is 15.2 Å². The third-order valence-electron chi connectivity index (χ3n) is 5.55. The van der Waals surface area contributed by atoms with Gasteiger partial charge >= 0.3 is 0 Å². The Morgan fingerprint density at radius 1 is 1.16 bits per heavy atom. The Kier molecular flexibility index (Phi) is 6.92. The molecule has 0 bridgehead atoms. The Morgan fingerprint density at radius 2 is 1.94 bits per heavy atom. The molecule has 2 amide bonds. The molecule has 2 aromatic rings. The van der Waals surface area contributed by atoms with Crippen molar-refractivity contribution in [3.8, 4) is 6.07 Å². The SMILES string of the molecule is C1CC1.N#CC1CSCN1C(=O)CNC(=O)c1ccnc2ccc(N3CCCC3)cc12. The maximum atomic E-state index is 12.8. The van der Waals surface area contributed by atoms with Gasteiger partial charge in [-0.1, -0.05) is 19.3 Å². The molecule has 1 aromatic heterocycles. The summed E-state index contributed by atoms with van der Waals surface area (Å²) in [5.41, 5.74) is 2.35. The number of fused-ring (bicyclic) bond motifs is 1. The molecule has 162 valence electrons. The maximum Gasteiger partial charge on any atom is 0.252 e. The molecule has 8 heteroatoms. The van der Waals surface area contributed by atoms with E-state index in [0.717, 1.165) is 29.7 Å². The second-order valence-electron chi connectivity index (χ2n) is 8.01. The van der Waals surface area contributed by atoms with Crippen LogP contribution in [0.4, 0.5) is 5.69 Å². The van der Waals surface area contributed by atoms with E-state index in [4.69, 9.17) is 5.26 Å². The van der Waals surface area contributed by atoms with Crippen LogP contribution < -0.4 is 10.2 Å². The van der Waals surface area contributed by atoms with Crippen LogP contribution >= 0.6 is 11.8 Å². The number of anilines is 1. The minimum atomic E-state index is -0.417. The molecule has 0 spiro atoms. The Morgan fingerprint density at radius 3 is 2.65 bits per heavy atom. The lowest BCUT2D eigenvalue weighted by molar-refractivity contribution is -0.129. The molecule has 1 saturated carbocycles. The molecule has 1 aromatic carbocycles. The molecule has 7 nitrogen and oxygen atoms in total. The van der Waals surface area contributed by atoms with Gasteiger partial charge in [-0.3, -0.25) is 14.6 Å². The fraction of sp³-hybridized carbons (Fsp3) is 0.478. The third kappa shape index (κ3) is 5.28. The van der Waals surface area contributed by atoms with Crippen molar-refractivity contribution in [2.24, 2.45) is 0 Å². The van der Waals surface area contributed by atoms with E-state index in [0.29, 0.717) is 17.2 Å². The number of benzene rings is 1. The first-order chi connectivity index (χ1) is 15.2. The van der Waals surface area contributed by atoms with Crippen LogP contribution in [-0.2, 0) is 4.79 Å². The minimum absolute atomic E-state index is 0.118. The van der Waals surface area contributed by atoms with Crippen molar-refractivity contribution < 1.29 is 9.59 Å². The standard InChI is InChI=1S/C20H21N5O2S.C3H6/c21-10-15-12-28-13-25(15)19(26)11-23-20(27)16-5-6-22-18-4-3-14(9-17(16)18)24-7-1-2-8-24;1-2-3-1/h3-6,9,15H,1-2,7-8,11-13H2,(H,23,27);1-3H2. The smallest absolute Gasteiger partial charge is 0.252 e. The number of pyridine rings is 1. The molecule has 1 aliphatic carbocycles. The minimum Gasteiger partial charge on any atom is -0.372 e. The van der Waals surface area contributed by atoms with Crippen molar-refractivity contribution in [2.45, 2.75) is 38.1 Å². The van der Waals surface area contributed by atoms with Gasteiger partial charge in [0.15, 0.2) is 0 Å². The van der Waals surface area contributed by atoms with Gasteiger partial charge in [0.05, 0.1) is 29.6 Å². The number of hydrogen-bond donors (Lipinski definition) is 1. The summed E-state index contributed by atoms with van der Waals surface area (Å²) in [5, 5.41) is 12.6. The monoisotopic (exact) mass is 437 g/mol. The second-order valence-corrected chi connectivity index (χ2v) is 9.01. The molecular formula is C23H27N5O2S. The molecule has 2 aliphatic heterocycles. The average molecular weight is 438 g/mol. The molecular weight excluding hydrogens is 410 g/mol. The quantitative estimate of drug-likeness (QED) is 0.790. The van der Waals surface area contributed by atoms with Crippen LogP contribution in [-0.4, -0.2) is 59.0 Å². The number of thioether (sulfide) groups is 1. The Hall–Kier alpha value is -2.79. The highest BCUT2D eigenvalue weighted by Gasteiger charge is 2.29. The van der Waals surface area contributed by atoms with Crippen molar-refractivity contribution in [3.63, 3.8) is 0 Å². The van der Waals surface area contributed by atoms with E-state index in [1.54, 1.807) is 24.0 Å². The van der Waals surface area contributed by atoms with Gasteiger partial charge in [0.25, 0.3) is 5.91 Å². The normalized spacial score (nSPS) is 19.5. The zero-order valence-corrected chi connectivity index (χ0v) is 18.4. The molecule has 0 radical (unpaired) electrons. The van der Waals surface area contributed by atoms with Crippen LogP contribution in [0.15, 0.2) is 30.5 Å². The van der Waals surface area contributed by atoms with Gasteiger partial charge in [0.2, 0.25) is 5.91 Å². The number of aromatic nitrogens is 1. The third-order valence-corrected chi connectivity index (χ3v) is 6.56. The molecule has 1 unspecified atom stereocenters. The molecule has 3 heterocycles. The first kappa shape index (κ1) is 21.4. The average Bonchev–Trinajstić information content (AvgIpc) is 3.43. The number of hydrogen-bond acceptors (Lipinski definition) is 6. The fourth-order valence-corrected chi connectivity index (χ4v) is 4.76. The first-order valence-electron chi connectivity index (χ1n) is 10.9. The van der Waals surface area contributed by atoms with E-state index >= 15 is 0 Å². The van der Waals surface area contributed by atoms with Crippen LogP contribution in [0.25, 0.3) is 10.9 Å². The van der Waals surface area contributed by atoms with E-state index < -0.39 is 6.04 Å². The first-order valence-corrected chi connectivity index (χ1v) is 12.0. The Labute approximate surface area is 186 Å². The van der Waals surface area contributed by atoms with Crippen LogP contribution in [0.1, 0.15) is 42.5 Å². The van der Waals surface area contributed by atoms with Gasteiger partial charge < -0.3 is 15.1 Å². The highest BCUT2D eigenvalue weighted by molar-refractivity contribution is 7.99. The van der Waals surface area contributed by atoms with E-state index in [2.05, 4.69) is 21.3 Å². The maximum absolute atomic E-state index is 12.8. The van der Waals surface area contributed by atoms with Gasteiger partial charge in [0.1, 0.15) is 6.04 Å². The van der Waals surface area contributed by atoms with Crippen molar-refractivity contribution in [1.29, 1.82) is 5.26 Å². The van der Waals surface area contributed by atoms with E-state index in [1.165, 1.54) is 37.0 Å². The van der Waals surface area contributed by atoms with Crippen molar-refractivity contribution in [2.75, 3.05) is 36.2 Å². The summed E-state index contributed by atoms with van der Waals surface area (Å²) < 4.78 is 0. The van der Waals surface area contributed by atoms with Gasteiger partial charge in [0, 0.05) is 36.1 Å². The summed E-state index contributed by atoms with van der Waals surface area (Å²) in [5.74, 6) is 0.565. The van der Waals surface area contributed by atoms with E-state index in [-0.39, 0.29) is 18.4 Å². The van der Waals surface area contributed by atoms with Gasteiger partial charge in [-0.15, -0.1) is 11.8 Å². The Bertz CT molecular complexity index is 994. The van der Waals surface area contributed by atoms with Crippen LogP contribution in [0.5, 0.6) is 0 Å². The summed E-state index contributed by atoms with van der Waals surface area (Å²) in [6.45, 7) is 1.93. The predicted octanol–water partition coefficient (Wildman–Crippen LogP) is 3.16. The summed E-state index contributed by atoms with van der Waals surface area (Å²) in [6.07, 6.45) is 8.47. The Balaban J connectivity index is 0.000000710. The number of nitrogens with zero attached hydrogens (tertiary/aromatic N) is 4. The summed E-state index contributed by atoms with van der Waals surface area (Å²) >= 11 is 1.55. The topological polar surface area (TPSA) is 89.3 Å². The van der Waals surface area contributed by atoms with Gasteiger partial charge in [-0.2, -0.15) is 5.26 Å². The number of nitriles is 1. The van der Waals surface area contributed by atoms with Crippen molar-refractivity contribution >= 4 is 40.2 Å². The molecule has 1 N–H and O–H groups in total. The zero-order chi connectivity index (χ0) is 21.6.